The number of nitrogens with zero attached hydrogens (tertiary/aromatic N) is 5. The number of likely N-dealkylation sites (tertiary alicyclic amines) is 1. The molecule has 158 valence electrons. The average molecular weight is 397 g/mol. The molecule has 2 fully saturated rings. The molecular formula is C23H36N6. The van der Waals surface area contributed by atoms with E-state index in [1.807, 2.05) is 37.2 Å². The SMILES string of the molecule is Cc1nn(C)cc1-c1cnc(NCC2CC23CCN(CCC(C)(C)C)CC3)cn1. The molecule has 1 aliphatic heterocycles. The first kappa shape index (κ1) is 20.3. The maximum absolute atomic E-state index is 4.59. The highest BCUT2D eigenvalue weighted by Gasteiger charge is 2.54. The fourth-order valence-corrected chi connectivity index (χ4v) is 4.69. The van der Waals surface area contributed by atoms with Crippen LogP contribution in [0.25, 0.3) is 11.3 Å². The van der Waals surface area contributed by atoms with Gasteiger partial charge in [-0.2, -0.15) is 5.10 Å². The van der Waals surface area contributed by atoms with Gasteiger partial charge in [0.1, 0.15) is 5.82 Å². The number of anilines is 1. The third kappa shape index (κ3) is 4.80. The van der Waals surface area contributed by atoms with Gasteiger partial charge in [-0.1, -0.05) is 20.8 Å². The minimum atomic E-state index is 0.438. The van der Waals surface area contributed by atoms with E-state index in [2.05, 4.69) is 46.1 Å². The summed E-state index contributed by atoms with van der Waals surface area (Å²) in [6.07, 6.45) is 11.1. The summed E-state index contributed by atoms with van der Waals surface area (Å²) in [4.78, 5) is 11.8. The fraction of sp³-hybridized carbons (Fsp3) is 0.696. The van der Waals surface area contributed by atoms with Crippen molar-refractivity contribution >= 4 is 5.82 Å². The van der Waals surface area contributed by atoms with Crippen LogP contribution in [0.4, 0.5) is 5.82 Å². The maximum Gasteiger partial charge on any atom is 0.144 e. The van der Waals surface area contributed by atoms with Crippen LogP contribution in [0.2, 0.25) is 0 Å². The molecule has 29 heavy (non-hydrogen) atoms. The Kier molecular flexibility index (Phi) is 5.40. The molecule has 1 atom stereocenters. The summed E-state index contributed by atoms with van der Waals surface area (Å²) in [5.41, 5.74) is 3.94. The van der Waals surface area contributed by atoms with Crippen LogP contribution in [0.3, 0.4) is 0 Å². The molecule has 0 aromatic carbocycles. The van der Waals surface area contributed by atoms with Crippen molar-refractivity contribution in [3.63, 3.8) is 0 Å². The first-order valence-corrected chi connectivity index (χ1v) is 11.0. The van der Waals surface area contributed by atoms with Crippen LogP contribution in [0.5, 0.6) is 0 Å². The lowest BCUT2D eigenvalue weighted by molar-refractivity contribution is 0.147. The average Bonchev–Trinajstić information content (AvgIpc) is 3.23. The molecule has 2 aromatic rings. The Labute approximate surface area is 175 Å². The monoisotopic (exact) mass is 396 g/mol. The maximum atomic E-state index is 4.59. The van der Waals surface area contributed by atoms with E-state index in [1.54, 1.807) is 0 Å². The molecule has 1 spiro atoms. The molecule has 2 aromatic heterocycles. The van der Waals surface area contributed by atoms with Crippen LogP contribution >= 0.6 is 0 Å². The highest BCUT2D eigenvalue weighted by Crippen LogP contribution is 2.59. The van der Waals surface area contributed by atoms with Gasteiger partial charge in [0, 0.05) is 25.4 Å². The Morgan fingerprint density at radius 3 is 2.52 bits per heavy atom. The van der Waals surface area contributed by atoms with Gasteiger partial charge in [0.2, 0.25) is 0 Å². The van der Waals surface area contributed by atoms with Crippen LogP contribution in [0, 0.1) is 23.7 Å². The molecule has 1 saturated carbocycles. The summed E-state index contributed by atoms with van der Waals surface area (Å²) in [6, 6.07) is 0. The molecule has 1 unspecified atom stereocenters. The number of aryl methyl sites for hydroxylation is 2. The van der Waals surface area contributed by atoms with Crippen molar-refractivity contribution in [1.82, 2.24) is 24.6 Å². The second-order valence-electron chi connectivity index (χ2n) is 10.4. The minimum absolute atomic E-state index is 0.438. The number of piperidine rings is 1. The van der Waals surface area contributed by atoms with Crippen LogP contribution in [0.15, 0.2) is 18.6 Å². The van der Waals surface area contributed by atoms with Gasteiger partial charge in [-0.15, -0.1) is 0 Å². The summed E-state index contributed by atoms with van der Waals surface area (Å²) in [5, 5.41) is 7.91. The van der Waals surface area contributed by atoms with E-state index in [0.29, 0.717) is 10.8 Å². The predicted molar refractivity (Wildman–Crippen MR) is 118 cm³/mol. The van der Waals surface area contributed by atoms with Gasteiger partial charge in [-0.3, -0.25) is 9.67 Å². The van der Waals surface area contributed by atoms with Crippen molar-refractivity contribution in [2.75, 3.05) is 31.5 Å². The molecule has 1 saturated heterocycles. The van der Waals surface area contributed by atoms with Gasteiger partial charge in [0.25, 0.3) is 0 Å². The summed E-state index contributed by atoms with van der Waals surface area (Å²) in [7, 11) is 1.93. The summed E-state index contributed by atoms with van der Waals surface area (Å²) < 4.78 is 1.82. The Balaban J connectivity index is 1.24. The lowest BCUT2D eigenvalue weighted by Gasteiger charge is -2.34. The predicted octanol–water partition coefficient (Wildman–Crippen LogP) is 4.14. The van der Waals surface area contributed by atoms with Gasteiger partial charge in [0.05, 0.1) is 23.8 Å². The first-order valence-electron chi connectivity index (χ1n) is 11.0. The highest BCUT2D eigenvalue weighted by atomic mass is 15.2. The van der Waals surface area contributed by atoms with E-state index in [0.717, 1.165) is 35.2 Å². The van der Waals surface area contributed by atoms with Crippen molar-refractivity contribution in [1.29, 1.82) is 0 Å². The first-order chi connectivity index (χ1) is 13.7. The second-order valence-corrected chi connectivity index (χ2v) is 10.4. The van der Waals surface area contributed by atoms with Crippen LogP contribution in [0.1, 0.15) is 52.1 Å². The smallest absolute Gasteiger partial charge is 0.144 e. The van der Waals surface area contributed by atoms with Crippen LogP contribution < -0.4 is 5.32 Å². The number of rotatable bonds is 6. The Hall–Kier alpha value is -1.95. The Morgan fingerprint density at radius 1 is 1.17 bits per heavy atom. The molecule has 1 N–H and O–H groups in total. The van der Waals surface area contributed by atoms with Gasteiger partial charge < -0.3 is 10.2 Å². The standard InChI is InChI=1S/C23H36N6/c1-17-19(16-28(5)27-17)20-14-26-21(15-24-20)25-13-18-12-23(18)7-10-29(11-8-23)9-6-22(2,3)4/h14-16,18H,6-13H2,1-5H3,(H,25,26). The molecule has 0 radical (unpaired) electrons. The third-order valence-corrected chi connectivity index (χ3v) is 6.86. The molecule has 4 rings (SSSR count). The van der Waals surface area contributed by atoms with Gasteiger partial charge in [-0.05, 0) is 69.0 Å². The van der Waals surface area contributed by atoms with E-state index >= 15 is 0 Å². The van der Waals surface area contributed by atoms with Crippen LogP contribution in [-0.4, -0.2) is 50.8 Å². The van der Waals surface area contributed by atoms with Gasteiger partial charge >= 0.3 is 0 Å². The van der Waals surface area contributed by atoms with Crippen molar-refractivity contribution in [3.05, 3.63) is 24.3 Å². The largest absolute Gasteiger partial charge is 0.368 e. The zero-order valence-corrected chi connectivity index (χ0v) is 18.7. The molecule has 1 aliphatic carbocycles. The second kappa shape index (κ2) is 7.71. The normalized spacial score (nSPS) is 21.5. The van der Waals surface area contributed by atoms with E-state index in [-0.39, 0.29) is 0 Å². The van der Waals surface area contributed by atoms with Crippen molar-refractivity contribution in [2.24, 2.45) is 23.8 Å². The molecular weight excluding hydrogens is 360 g/mol. The Morgan fingerprint density at radius 2 is 1.93 bits per heavy atom. The zero-order valence-electron chi connectivity index (χ0n) is 18.7. The fourth-order valence-electron chi connectivity index (χ4n) is 4.69. The van der Waals surface area contributed by atoms with E-state index in [9.17, 15) is 0 Å². The van der Waals surface area contributed by atoms with Crippen molar-refractivity contribution in [3.8, 4) is 11.3 Å². The molecule has 3 heterocycles. The molecule has 6 nitrogen and oxygen atoms in total. The summed E-state index contributed by atoms with van der Waals surface area (Å²) in [5.74, 6) is 1.66. The molecule has 0 bridgehead atoms. The van der Waals surface area contributed by atoms with E-state index < -0.39 is 0 Å². The lowest BCUT2D eigenvalue weighted by Crippen LogP contribution is -2.37. The van der Waals surface area contributed by atoms with E-state index in [4.69, 9.17) is 0 Å². The summed E-state index contributed by atoms with van der Waals surface area (Å²) >= 11 is 0. The summed E-state index contributed by atoms with van der Waals surface area (Å²) in [6.45, 7) is 13.8. The van der Waals surface area contributed by atoms with Gasteiger partial charge in [-0.25, -0.2) is 4.98 Å². The van der Waals surface area contributed by atoms with Crippen molar-refractivity contribution < 1.29 is 0 Å². The lowest BCUT2D eigenvalue weighted by atomic mass is 9.88. The number of hydrogen-bond acceptors (Lipinski definition) is 5. The van der Waals surface area contributed by atoms with Crippen molar-refractivity contribution in [2.45, 2.75) is 53.4 Å². The number of nitrogens with one attached hydrogen (secondary N) is 1. The highest BCUT2D eigenvalue weighted by molar-refractivity contribution is 5.60. The van der Waals surface area contributed by atoms with Crippen LogP contribution in [-0.2, 0) is 7.05 Å². The number of hydrogen-bond donors (Lipinski definition) is 1. The topological polar surface area (TPSA) is 58.9 Å². The minimum Gasteiger partial charge on any atom is -0.368 e. The number of aromatic nitrogens is 4. The van der Waals surface area contributed by atoms with Gasteiger partial charge in [0.15, 0.2) is 0 Å². The Bertz CT molecular complexity index is 824. The zero-order chi connectivity index (χ0) is 20.6. The quantitative estimate of drug-likeness (QED) is 0.795. The molecule has 6 heteroatoms. The van der Waals surface area contributed by atoms with E-state index in [1.165, 1.54) is 45.3 Å². The molecule has 2 aliphatic rings. The molecule has 0 amide bonds. The third-order valence-electron chi connectivity index (χ3n) is 6.86.